The van der Waals surface area contributed by atoms with Crippen LogP contribution in [0.4, 0.5) is 11.6 Å². The number of ether oxygens (including phenoxy) is 1. The van der Waals surface area contributed by atoms with E-state index in [1.54, 1.807) is 18.5 Å². The summed E-state index contributed by atoms with van der Waals surface area (Å²) in [4.78, 5) is 24.9. The van der Waals surface area contributed by atoms with E-state index in [9.17, 15) is 4.79 Å². The molecule has 0 aliphatic rings. The number of rotatable bonds is 5. The van der Waals surface area contributed by atoms with Crippen molar-refractivity contribution in [3.8, 4) is 10.7 Å². The number of thiazole rings is 1. The van der Waals surface area contributed by atoms with Crippen molar-refractivity contribution in [3.63, 3.8) is 0 Å². The minimum Gasteiger partial charge on any atom is -0.460 e. The maximum absolute atomic E-state index is 10.9. The van der Waals surface area contributed by atoms with Crippen LogP contribution in [0, 0.1) is 13.8 Å². The zero-order valence-electron chi connectivity index (χ0n) is 14.2. The molecule has 3 aromatic rings. The summed E-state index contributed by atoms with van der Waals surface area (Å²) < 4.78 is 4.99. The first-order valence-electron chi connectivity index (χ1n) is 7.76. The van der Waals surface area contributed by atoms with Crippen molar-refractivity contribution >= 4 is 28.9 Å². The fraction of sp³-hybridized carbons (Fsp3) is 0.222. The Bertz CT molecular complexity index is 887. The molecule has 3 rings (SSSR count). The zero-order valence-corrected chi connectivity index (χ0v) is 15.1. The van der Waals surface area contributed by atoms with E-state index in [-0.39, 0.29) is 12.6 Å². The first-order chi connectivity index (χ1) is 12.0. The third-order valence-corrected chi connectivity index (χ3v) is 4.32. The lowest BCUT2D eigenvalue weighted by Gasteiger charge is -2.07. The Labute approximate surface area is 149 Å². The number of esters is 1. The number of benzene rings is 1. The minimum absolute atomic E-state index is 0.228. The summed E-state index contributed by atoms with van der Waals surface area (Å²) in [7, 11) is 0. The molecule has 0 amide bonds. The van der Waals surface area contributed by atoms with Gasteiger partial charge in [-0.15, -0.1) is 11.3 Å². The van der Waals surface area contributed by atoms with E-state index >= 15 is 0 Å². The summed E-state index contributed by atoms with van der Waals surface area (Å²) in [6, 6.07) is 8.01. The molecule has 25 heavy (non-hydrogen) atoms. The largest absolute Gasteiger partial charge is 0.460 e. The van der Waals surface area contributed by atoms with Gasteiger partial charge in [-0.1, -0.05) is 6.07 Å². The van der Waals surface area contributed by atoms with Gasteiger partial charge in [0.25, 0.3) is 0 Å². The number of carbonyl (C=O) groups is 1. The summed E-state index contributed by atoms with van der Waals surface area (Å²) in [5.41, 5.74) is 4.02. The van der Waals surface area contributed by atoms with Gasteiger partial charge < -0.3 is 10.1 Å². The molecule has 0 radical (unpaired) electrons. The van der Waals surface area contributed by atoms with E-state index in [2.05, 4.69) is 40.2 Å². The van der Waals surface area contributed by atoms with Gasteiger partial charge in [0, 0.05) is 25.0 Å². The van der Waals surface area contributed by atoms with Crippen LogP contribution in [0.5, 0.6) is 0 Å². The van der Waals surface area contributed by atoms with Crippen LogP contribution in [0.25, 0.3) is 10.7 Å². The molecule has 0 fully saturated rings. The maximum Gasteiger partial charge on any atom is 0.302 e. The number of aromatic nitrogens is 3. The highest BCUT2D eigenvalue weighted by Gasteiger charge is 2.09. The maximum atomic E-state index is 10.9. The number of hydrogen-bond acceptors (Lipinski definition) is 7. The molecule has 0 spiro atoms. The monoisotopic (exact) mass is 354 g/mol. The lowest BCUT2D eigenvalue weighted by molar-refractivity contribution is -0.142. The van der Waals surface area contributed by atoms with Gasteiger partial charge in [0.05, 0.1) is 4.88 Å². The number of carbonyl (C=O) groups excluding carboxylic acids is 1. The molecule has 0 aliphatic carbocycles. The predicted molar refractivity (Wildman–Crippen MR) is 97.8 cm³/mol. The Hall–Kier alpha value is -2.80. The van der Waals surface area contributed by atoms with Crippen molar-refractivity contribution < 1.29 is 9.53 Å². The molecule has 128 valence electrons. The quantitative estimate of drug-likeness (QED) is 0.697. The van der Waals surface area contributed by atoms with Gasteiger partial charge in [-0.2, -0.15) is 0 Å². The molecule has 0 bridgehead atoms. The van der Waals surface area contributed by atoms with Crippen LogP contribution < -0.4 is 5.32 Å². The summed E-state index contributed by atoms with van der Waals surface area (Å²) in [6.07, 6.45) is 3.39. The van der Waals surface area contributed by atoms with Crippen molar-refractivity contribution in [2.75, 3.05) is 5.32 Å². The molecular weight excluding hydrogens is 336 g/mol. The Morgan fingerprint density at radius 1 is 1.20 bits per heavy atom. The van der Waals surface area contributed by atoms with Crippen LogP contribution >= 0.6 is 11.3 Å². The van der Waals surface area contributed by atoms with E-state index in [0.29, 0.717) is 5.95 Å². The molecule has 2 heterocycles. The first-order valence-corrected chi connectivity index (χ1v) is 8.58. The average molecular weight is 354 g/mol. The van der Waals surface area contributed by atoms with Crippen LogP contribution in [0.15, 0.2) is 36.7 Å². The van der Waals surface area contributed by atoms with Crippen molar-refractivity contribution in [1.82, 2.24) is 15.0 Å². The molecule has 2 aromatic heterocycles. The second kappa shape index (κ2) is 7.40. The van der Waals surface area contributed by atoms with Crippen LogP contribution in [0.2, 0.25) is 0 Å². The van der Waals surface area contributed by atoms with E-state index in [4.69, 9.17) is 4.74 Å². The van der Waals surface area contributed by atoms with E-state index in [1.807, 2.05) is 12.1 Å². The Morgan fingerprint density at radius 3 is 2.68 bits per heavy atom. The molecule has 7 heteroatoms. The third kappa shape index (κ3) is 4.60. The van der Waals surface area contributed by atoms with Crippen LogP contribution in [0.3, 0.4) is 0 Å². The van der Waals surface area contributed by atoms with Crippen molar-refractivity contribution in [2.24, 2.45) is 0 Å². The Balaban J connectivity index is 1.78. The normalized spacial score (nSPS) is 10.5. The second-order valence-electron chi connectivity index (χ2n) is 5.68. The van der Waals surface area contributed by atoms with Crippen LogP contribution in [-0.4, -0.2) is 20.9 Å². The van der Waals surface area contributed by atoms with Gasteiger partial charge in [-0.25, -0.2) is 15.0 Å². The Kier molecular flexibility index (Phi) is 5.04. The van der Waals surface area contributed by atoms with Gasteiger partial charge >= 0.3 is 5.97 Å². The number of aryl methyl sites for hydroxylation is 2. The smallest absolute Gasteiger partial charge is 0.302 e. The third-order valence-electron chi connectivity index (χ3n) is 3.32. The highest BCUT2D eigenvalue weighted by molar-refractivity contribution is 7.14. The fourth-order valence-electron chi connectivity index (χ4n) is 2.38. The summed E-state index contributed by atoms with van der Waals surface area (Å²) in [6.45, 7) is 5.72. The molecule has 0 saturated heterocycles. The van der Waals surface area contributed by atoms with Crippen LogP contribution in [0.1, 0.15) is 22.9 Å². The minimum atomic E-state index is -0.308. The second-order valence-corrected chi connectivity index (χ2v) is 6.79. The molecule has 1 N–H and O–H groups in total. The summed E-state index contributed by atoms with van der Waals surface area (Å²) >= 11 is 1.44. The van der Waals surface area contributed by atoms with Gasteiger partial charge in [0.15, 0.2) is 0 Å². The Morgan fingerprint density at radius 2 is 1.96 bits per heavy atom. The van der Waals surface area contributed by atoms with E-state index < -0.39 is 0 Å². The molecular formula is C18H18N4O2S. The van der Waals surface area contributed by atoms with E-state index in [0.717, 1.165) is 21.3 Å². The van der Waals surface area contributed by atoms with Gasteiger partial charge in [0.1, 0.15) is 17.3 Å². The lowest BCUT2D eigenvalue weighted by Crippen LogP contribution is -1.98. The topological polar surface area (TPSA) is 77.0 Å². The zero-order chi connectivity index (χ0) is 17.8. The number of hydrogen-bond donors (Lipinski definition) is 1. The van der Waals surface area contributed by atoms with Crippen molar-refractivity contribution in [2.45, 2.75) is 27.4 Å². The van der Waals surface area contributed by atoms with Gasteiger partial charge in [-0.05, 0) is 43.2 Å². The number of anilines is 2. The van der Waals surface area contributed by atoms with Gasteiger partial charge in [-0.3, -0.25) is 4.79 Å². The number of nitrogens with one attached hydrogen (secondary N) is 1. The number of nitrogens with zero attached hydrogens (tertiary/aromatic N) is 3. The van der Waals surface area contributed by atoms with E-state index in [1.165, 1.54) is 29.4 Å². The lowest BCUT2D eigenvalue weighted by atomic mass is 10.1. The summed E-state index contributed by atoms with van der Waals surface area (Å²) in [5.74, 6) is 0.205. The average Bonchev–Trinajstić information content (AvgIpc) is 3.01. The van der Waals surface area contributed by atoms with Crippen molar-refractivity contribution in [3.05, 3.63) is 52.7 Å². The molecule has 0 aliphatic heterocycles. The van der Waals surface area contributed by atoms with Crippen molar-refractivity contribution in [1.29, 1.82) is 0 Å². The highest BCUT2D eigenvalue weighted by Crippen LogP contribution is 2.25. The standard InChI is InChI=1S/C18H18N4O2S/c1-11-6-12(2)8-14(7-11)21-18-19-5-4-16(22-18)17-20-9-15(25-17)10-24-13(3)23/h4-9H,10H2,1-3H3,(H,19,21,22). The molecule has 0 unspecified atom stereocenters. The summed E-state index contributed by atoms with van der Waals surface area (Å²) in [5, 5.41) is 3.99. The molecule has 6 nitrogen and oxygen atoms in total. The highest BCUT2D eigenvalue weighted by atomic mass is 32.1. The predicted octanol–water partition coefficient (Wildman–Crippen LogP) is 4.02. The molecule has 1 aromatic carbocycles. The first kappa shape index (κ1) is 17.0. The van der Waals surface area contributed by atoms with Crippen LogP contribution in [-0.2, 0) is 16.1 Å². The molecule has 0 atom stereocenters. The molecule has 0 saturated carbocycles. The fourth-order valence-corrected chi connectivity index (χ4v) is 3.17. The SMILES string of the molecule is CC(=O)OCc1cnc(-c2ccnc(Nc3cc(C)cc(C)c3)n2)s1. The van der Waals surface area contributed by atoms with Gasteiger partial charge in [0.2, 0.25) is 5.95 Å².